The van der Waals surface area contributed by atoms with E-state index in [4.69, 9.17) is 12.2 Å². The van der Waals surface area contributed by atoms with Crippen LogP contribution in [0.2, 0.25) is 0 Å². The Bertz CT molecular complexity index is 587. The zero-order valence-corrected chi connectivity index (χ0v) is 10.1. The van der Waals surface area contributed by atoms with E-state index < -0.39 is 0 Å². The van der Waals surface area contributed by atoms with Gasteiger partial charge in [0.15, 0.2) is 0 Å². The normalized spacial score (nSPS) is 11.4. The lowest BCUT2D eigenvalue weighted by Crippen LogP contribution is -1.94. The van der Waals surface area contributed by atoms with Gasteiger partial charge in [-0.2, -0.15) is 20.0 Å². The summed E-state index contributed by atoms with van der Waals surface area (Å²) in [4.78, 5) is 0. The van der Waals surface area contributed by atoms with E-state index in [1.54, 1.807) is 6.21 Å². The van der Waals surface area contributed by atoms with Crippen molar-refractivity contribution in [1.29, 1.82) is 0 Å². The van der Waals surface area contributed by atoms with Gasteiger partial charge in [0.2, 0.25) is 4.77 Å². The number of aromatic nitrogens is 5. The van der Waals surface area contributed by atoms with E-state index in [9.17, 15) is 0 Å². The fourth-order valence-electron chi connectivity index (χ4n) is 1.42. The van der Waals surface area contributed by atoms with Gasteiger partial charge in [-0.1, -0.05) is 0 Å². The van der Waals surface area contributed by atoms with Crippen LogP contribution in [0.4, 0.5) is 0 Å². The fourth-order valence-corrected chi connectivity index (χ4v) is 1.57. The molecule has 0 fully saturated rings. The molecule has 0 atom stereocenters. The number of aryl methyl sites for hydroxylation is 2. The van der Waals surface area contributed by atoms with Crippen LogP contribution < -0.4 is 0 Å². The van der Waals surface area contributed by atoms with Crippen molar-refractivity contribution in [2.75, 3.05) is 0 Å². The van der Waals surface area contributed by atoms with E-state index >= 15 is 0 Å². The predicted octanol–water partition coefficient (Wildman–Crippen LogP) is 1.17. The summed E-state index contributed by atoms with van der Waals surface area (Å²) in [6, 6.07) is 0. The quantitative estimate of drug-likeness (QED) is 0.629. The molecular formula is C9H12N6S. The van der Waals surface area contributed by atoms with Crippen LogP contribution in [-0.2, 0) is 7.05 Å². The van der Waals surface area contributed by atoms with Gasteiger partial charge in [0.1, 0.15) is 6.33 Å². The van der Waals surface area contributed by atoms with Gasteiger partial charge in [-0.15, -0.1) is 0 Å². The molecule has 6 nitrogen and oxygen atoms in total. The molecule has 2 aromatic heterocycles. The Hall–Kier alpha value is -1.76. The maximum atomic E-state index is 4.98. The third-order valence-corrected chi connectivity index (χ3v) is 2.69. The standard InChI is InChI=1S/C9H12N6S/c1-6-8(7(2)14(3)13-6)4-11-15-5-10-12-9(15)16/h4-5H,1-3H3,(H,12,16). The molecule has 0 aliphatic heterocycles. The molecule has 84 valence electrons. The van der Waals surface area contributed by atoms with Crippen LogP contribution in [0.1, 0.15) is 17.0 Å². The molecule has 0 spiro atoms. The molecule has 2 aromatic rings. The zero-order chi connectivity index (χ0) is 11.7. The summed E-state index contributed by atoms with van der Waals surface area (Å²) in [6.45, 7) is 3.94. The highest BCUT2D eigenvalue weighted by atomic mass is 32.1. The smallest absolute Gasteiger partial charge is 0.216 e. The summed E-state index contributed by atoms with van der Waals surface area (Å²) < 4.78 is 3.79. The van der Waals surface area contributed by atoms with Crippen LogP contribution in [-0.4, -0.2) is 30.9 Å². The number of nitrogens with one attached hydrogen (secondary N) is 1. The van der Waals surface area contributed by atoms with Crippen molar-refractivity contribution in [3.05, 3.63) is 28.0 Å². The van der Waals surface area contributed by atoms with Crippen molar-refractivity contribution >= 4 is 18.4 Å². The number of hydrogen-bond donors (Lipinski definition) is 1. The second-order valence-corrected chi connectivity index (χ2v) is 3.85. The molecule has 0 bridgehead atoms. The molecule has 0 amide bonds. The van der Waals surface area contributed by atoms with E-state index in [0.29, 0.717) is 4.77 Å². The Kier molecular flexibility index (Phi) is 2.69. The van der Waals surface area contributed by atoms with Gasteiger partial charge in [0.05, 0.1) is 11.9 Å². The van der Waals surface area contributed by atoms with Crippen LogP contribution in [0, 0.1) is 18.6 Å². The summed E-state index contributed by atoms with van der Waals surface area (Å²) in [5.41, 5.74) is 3.01. The Morgan fingerprint density at radius 3 is 2.75 bits per heavy atom. The molecule has 0 aromatic carbocycles. The maximum Gasteiger partial charge on any atom is 0.216 e. The van der Waals surface area contributed by atoms with Crippen molar-refractivity contribution in [2.24, 2.45) is 12.1 Å². The summed E-state index contributed by atoms with van der Waals surface area (Å²) in [7, 11) is 1.91. The second kappa shape index (κ2) is 4.01. The molecular weight excluding hydrogens is 224 g/mol. The van der Waals surface area contributed by atoms with Gasteiger partial charge in [-0.05, 0) is 26.1 Å². The molecule has 1 N–H and O–H groups in total. The molecule has 16 heavy (non-hydrogen) atoms. The minimum Gasteiger partial charge on any atom is -0.272 e. The topological polar surface area (TPSA) is 63.8 Å². The highest BCUT2D eigenvalue weighted by molar-refractivity contribution is 7.71. The third-order valence-electron chi connectivity index (χ3n) is 2.41. The number of aromatic amines is 1. The second-order valence-electron chi connectivity index (χ2n) is 3.46. The first-order chi connectivity index (χ1) is 7.59. The van der Waals surface area contributed by atoms with Gasteiger partial charge in [-0.25, -0.2) is 0 Å². The van der Waals surface area contributed by atoms with E-state index in [-0.39, 0.29) is 0 Å². The Morgan fingerprint density at radius 1 is 1.50 bits per heavy atom. The van der Waals surface area contributed by atoms with Crippen LogP contribution >= 0.6 is 12.2 Å². The lowest BCUT2D eigenvalue weighted by molar-refractivity contribution is 0.731. The largest absolute Gasteiger partial charge is 0.272 e. The SMILES string of the molecule is Cc1nn(C)c(C)c1C=Nn1cn[nH]c1=S. The highest BCUT2D eigenvalue weighted by Crippen LogP contribution is 2.08. The molecule has 0 radical (unpaired) electrons. The van der Waals surface area contributed by atoms with Crippen LogP contribution in [0.3, 0.4) is 0 Å². The van der Waals surface area contributed by atoms with Gasteiger partial charge >= 0.3 is 0 Å². The van der Waals surface area contributed by atoms with Gasteiger partial charge < -0.3 is 0 Å². The molecule has 7 heteroatoms. The van der Waals surface area contributed by atoms with Gasteiger partial charge in [0.25, 0.3) is 0 Å². The molecule has 0 saturated heterocycles. The molecule has 2 rings (SSSR count). The Balaban J connectivity index is 2.38. The van der Waals surface area contributed by atoms with Gasteiger partial charge in [-0.3, -0.25) is 9.78 Å². The van der Waals surface area contributed by atoms with E-state index in [0.717, 1.165) is 17.0 Å². The van der Waals surface area contributed by atoms with Crippen molar-refractivity contribution in [3.63, 3.8) is 0 Å². The van der Waals surface area contributed by atoms with E-state index in [1.807, 2.05) is 25.6 Å². The first kappa shape index (κ1) is 10.7. The average Bonchev–Trinajstić information content (AvgIpc) is 2.72. The average molecular weight is 236 g/mol. The number of rotatable bonds is 2. The first-order valence-corrected chi connectivity index (χ1v) is 5.17. The minimum atomic E-state index is 0.468. The lowest BCUT2D eigenvalue weighted by Gasteiger charge is -1.94. The summed E-state index contributed by atoms with van der Waals surface area (Å²) >= 11 is 4.98. The third kappa shape index (κ3) is 1.81. The van der Waals surface area contributed by atoms with E-state index in [1.165, 1.54) is 11.0 Å². The monoisotopic (exact) mass is 236 g/mol. The predicted molar refractivity (Wildman–Crippen MR) is 63.1 cm³/mol. The molecule has 2 heterocycles. The van der Waals surface area contributed by atoms with Crippen molar-refractivity contribution < 1.29 is 0 Å². The zero-order valence-electron chi connectivity index (χ0n) is 9.30. The van der Waals surface area contributed by atoms with Gasteiger partial charge in [0, 0.05) is 18.3 Å². The highest BCUT2D eigenvalue weighted by Gasteiger charge is 2.06. The van der Waals surface area contributed by atoms with E-state index in [2.05, 4.69) is 20.4 Å². The Morgan fingerprint density at radius 2 is 2.25 bits per heavy atom. The van der Waals surface area contributed by atoms with Crippen molar-refractivity contribution in [1.82, 2.24) is 24.7 Å². The van der Waals surface area contributed by atoms with Crippen LogP contribution in [0.25, 0.3) is 0 Å². The van der Waals surface area contributed by atoms with Crippen molar-refractivity contribution in [3.8, 4) is 0 Å². The molecule has 0 aliphatic rings. The molecule has 0 saturated carbocycles. The minimum absolute atomic E-state index is 0.468. The fraction of sp³-hybridized carbons (Fsp3) is 0.333. The lowest BCUT2D eigenvalue weighted by atomic mass is 10.2. The maximum absolute atomic E-state index is 4.98. The molecule has 0 unspecified atom stereocenters. The summed E-state index contributed by atoms with van der Waals surface area (Å²) in [5.74, 6) is 0. The van der Waals surface area contributed by atoms with Crippen molar-refractivity contribution in [2.45, 2.75) is 13.8 Å². The number of H-pyrrole nitrogens is 1. The van der Waals surface area contributed by atoms with Crippen LogP contribution in [0.15, 0.2) is 11.4 Å². The Labute approximate surface area is 97.6 Å². The van der Waals surface area contributed by atoms with Crippen LogP contribution in [0.5, 0.6) is 0 Å². The first-order valence-electron chi connectivity index (χ1n) is 4.76. The number of hydrogen-bond acceptors (Lipinski definition) is 4. The number of nitrogens with zero attached hydrogens (tertiary/aromatic N) is 5. The molecule has 0 aliphatic carbocycles. The summed E-state index contributed by atoms with van der Waals surface area (Å²) in [6.07, 6.45) is 3.27. The summed E-state index contributed by atoms with van der Waals surface area (Å²) in [5, 5.41) is 14.9.